The zero-order chi connectivity index (χ0) is 14.4. The van der Waals surface area contributed by atoms with Gasteiger partial charge in [-0.3, -0.25) is 4.79 Å². The average molecular weight is 276 g/mol. The molecule has 0 radical (unpaired) electrons. The summed E-state index contributed by atoms with van der Waals surface area (Å²) in [6, 6.07) is 8.48. The van der Waals surface area contributed by atoms with Gasteiger partial charge in [-0.1, -0.05) is 30.3 Å². The van der Waals surface area contributed by atoms with Crippen molar-refractivity contribution in [3.63, 3.8) is 0 Å². The molecule has 1 aromatic carbocycles. The molecule has 1 fully saturated rings. The van der Waals surface area contributed by atoms with Gasteiger partial charge >= 0.3 is 5.97 Å². The summed E-state index contributed by atoms with van der Waals surface area (Å²) in [5.41, 5.74) is 0.908. The first-order valence-corrected chi connectivity index (χ1v) is 6.94. The number of benzene rings is 1. The highest BCUT2D eigenvalue weighted by Gasteiger charge is 2.26. The van der Waals surface area contributed by atoms with Gasteiger partial charge in [0.15, 0.2) is 0 Å². The molecule has 1 atom stereocenters. The second-order valence-electron chi connectivity index (χ2n) is 5.11. The third-order valence-electron chi connectivity index (χ3n) is 3.61. The normalized spacial score (nSPS) is 17.4. The number of carboxylic acid groups (broad SMARTS) is 1. The molecule has 0 saturated carbocycles. The van der Waals surface area contributed by atoms with Crippen LogP contribution in [0.4, 0.5) is 0 Å². The Morgan fingerprint density at radius 2 is 1.90 bits per heavy atom. The van der Waals surface area contributed by atoms with Gasteiger partial charge in [0, 0.05) is 12.3 Å². The lowest BCUT2D eigenvalue weighted by molar-refractivity contribution is -0.142. The van der Waals surface area contributed by atoms with E-state index in [1.807, 2.05) is 30.3 Å². The minimum Gasteiger partial charge on any atom is -0.480 e. The molecule has 0 aromatic heterocycles. The summed E-state index contributed by atoms with van der Waals surface area (Å²) in [5.74, 6) is -1.21. The van der Waals surface area contributed by atoms with Gasteiger partial charge in [0.25, 0.3) is 0 Å². The number of amides is 1. The minimum absolute atomic E-state index is 0.0751. The van der Waals surface area contributed by atoms with Crippen molar-refractivity contribution in [1.29, 1.82) is 0 Å². The van der Waals surface area contributed by atoms with Crippen LogP contribution < -0.4 is 10.6 Å². The Labute approximate surface area is 118 Å². The molecule has 1 amide bonds. The number of carbonyl (C=O) groups is 2. The van der Waals surface area contributed by atoms with E-state index in [-0.39, 0.29) is 11.8 Å². The summed E-state index contributed by atoms with van der Waals surface area (Å²) in [5, 5.41) is 15.1. The number of carbonyl (C=O) groups excluding carboxylic acids is 1. The molecule has 2 rings (SSSR count). The Morgan fingerprint density at radius 3 is 2.50 bits per heavy atom. The zero-order valence-corrected chi connectivity index (χ0v) is 11.3. The first-order chi connectivity index (χ1) is 9.66. The number of rotatable bonds is 5. The standard InChI is InChI=1S/C15H20N2O3/c18-14(12-6-8-16-9-7-12)17-13(15(19)20)10-11-4-2-1-3-5-11/h1-5,12-13,16H,6-10H2,(H,17,18)(H,19,20). The van der Waals surface area contributed by atoms with Gasteiger partial charge in [-0.05, 0) is 31.5 Å². The third kappa shape index (κ3) is 4.06. The van der Waals surface area contributed by atoms with Gasteiger partial charge in [0.2, 0.25) is 5.91 Å². The lowest BCUT2D eigenvalue weighted by Gasteiger charge is -2.24. The van der Waals surface area contributed by atoms with Crippen LogP contribution in [0.15, 0.2) is 30.3 Å². The molecule has 108 valence electrons. The molecule has 0 bridgehead atoms. The van der Waals surface area contributed by atoms with E-state index in [2.05, 4.69) is 10.6 Å². The smallest absolute Gasteiger partial charge is 0.326 e. The highest BCUT2D eigenvalue weighted by molar-refractivity contribution is 5.85. The van der Waals surface area contributed by atoms with Crippen LogP contribution in [-0.4, -0.2) is 36.1 Å². The molecule has 5 nitrogen and oxygen atoms in total. The van der Waals surface area contributed by atoms with Crippen molar-refractivity contribution in [2.45, 2.75) is 25.3 Å². The van der Waals surface area contributed by atoms with E-state index < -0.39 is 12.0 Å². The fraction of sp³-hybridized carbons (Fsp3) is 0.467. The molecule has 20 heavy (non-hydrogen) atoms. The summed E-state index contributed by atoms with van der Waals surface area (Å²) < 4.78 is 0. The van der Waals surface area contributed by atoms with Gasteiger partial charge in [-0.25, -0.2) is 4.79 Å². The largest absolute Gasteiger partial charge is 0.480 e. The number of aliphatic carboxylic acids is 1. The van der Waals surface area contributed by atoms with E-state index >= 15 is 0 Å². The fourth-order valence-electron chi connectivity index (χ4n) is 2.42. The Bertz CT molecular complexity index is 455. The van der Waals surface area contributed by atoms with Crippen LogP contribution in [0.2, 0.25) is 0 Å². The van der Waals surface area contributed by atoms with Crippen molar-refractivity contribution in [3.05, 3.63) is 35.9 Å². The van der Waals surface area contributed by atoms with Gasteiger partial charge in [-0.2, -0.15) is 0 Å². The lowest BCUT2D eigenvalue weighted by atomic mass is 9.96. The molecule has 1 heterocycles. The van der Waals surface area contributed by atoms with Gasteiger partial charge in [-0.15, -0.1) is 0 Å². The van der Waals surface area contributed by atoms with E-state index in [1.54, 1.807) is 0 Å². The van der Waals surface area contributed by atoms with E-state index in [1.165, 1.54) is 0 Å². The highest BCUT2D eigenvalue weighted by atomic mass is 16.4. The molecule has 0 aliphatic carbocycles. The minimum atomic E-state index is -0.990. The van der Waals surface area contributed by atoms with Crippen LogP contribution in [0.5, 0.6) is 0 Å². The monoisotopic (exact) mass is 276 g/mol. The van der Waals surface area contributed by atoms with E-state index in [0.29, 0.717) is 6.42 Å². The molecule has 0 spiro atoms. The van der Waals surface area contributed by atoms with Crippen molar-refractivity contribution in [1.82, 2.24) is 10.6 Å². The Morgan fingerprint density at radius 1 is 1.25 bits per heavy atom. The van der Waals surface area contributed by atoms with Gasteiger partial charge < -0.3 is 15.7 Å². The van der Waals surface area contributed by atoms with Crippen LogP contribution in [0.25, 0.3) is 0 Å². The summed E-state index contributed by atoms with van der Waals surface area (Å²) in [6.45, 7) is 1.63. The molecule has 1 saturated heterocycles. The van der Waals surface area contributed by atoms with Crippen molar-refractivity contribution in [3.8, 4) is 0 Å². The molecule has 5 heteroatoms. The SMILES string of the molecule is O=C(NC(Cc1ccccc1)C(=O)O)C1CCNCC1. The van der Waals surface area contributed by atoms with Gasteiger partial charge in [0.05, 0.1) is 0 Å². The number of piperidine rings is 1. The van der Waals surface area contributed by atoms with Crippen LogP contribution >= 0.6 is 0 Å². The molecule has 3 N–H and O–H groups in total. The second-order valence-corrected chi connectivity index (χ2v) is 5.11. The van der Waals surface area contributed by atoms with Crippen molar-refractivity contribution in [2.75, 3.05) is 13.1 Å². The van der Waals surface area contributed by atoms with E-state index in [9.17, 15) is 14.7 Å². The predicted octanol–water partition coefficient (Wildman–Crippen LogP) is 0.798. The number of nitrogens with one attached hydrogen (secondary N) is 2. The van der Waals surface area contributed by atoms with Crippen molar-refractivity contribution >= 4 is 11.9 Å². The number of hydrogen-bond acceptors (Lipinski definition) is 3. The summed E-state index contributed by atoms with van der Waals surface area (Å²) in [7, 11) is 0. The summed E-state index contributed by atoms with van der Waals surface area (Å²) >= 11 is 0. The lowest BCUT2D eigenvalue weighted by Crippen LogP contribution is -2.46. The quantitative estimate of drug-likeness (QED) is 0.743. The Kier molecular flexibility index (Phi) is 5.12. The van der Waals surface area contributed by atoms with Gasteiger partial charge in [0.1, 0.15) is 6.04 Å². The topological polar surface area (TPSA) is 78.4 Å². The molecule has 1 aliphatic heterocycles. The van der Waals surface area contributed by atoms with Crippen molar-refractivity contribution < 1.29 is 14.7 Å². The number of hydrogen-bond donors (Lipinski definition) is 3. The molecule has 1 aromatic rings. The highest BCUT2D eigenvalue weighted by Crippen LogP contribution is 2.12. The van der Waals surface area contributed by atoms with Crippen LogP contribution in [0.3, 0.4) is 0 Å². The fourth-order valence-corrected chi connectivity index (χ4v) is 2.42. The first-order valence-electron chi connectivity index (χ1n) is 6.94. The molecular formula is C15H20N2O3. The summed E-state index contributed by atoms with van der Waals surface area (Å²) in [4.78, 5) is 23.4. The second kappa shape index (κ2) is 7.05. The Hall–Kier alpha value is -1.88. The summed E-state index contributed by atoms with van der Waals surface area (Å²) in [6.07, 6.45) is 1.85. The third-order valence-corrected chi connectivity index (χ3v) is 3.61. The maximum Gasteiger partial charge on any atom is 0.326 e. The maximum atomic E-state index is 12.1. The van der Waals surface area contributed by atoms with Crippen molar-refractivity contribution in [2.24, 2.45) is 5.92 Å². The molecule has 1 aliphatic rings. The van der Waals surface area contributed by atoms with Crippen LogP contribution in [0, 0.1) is 5.92 Å². The molecular weight excluding hydrogens is 256 g/mol. The first kappa shape index (κ1) is 14.5. The van der Waals surface area contributed by atoms with E-state index in [4.69, 9.17) is 0 Å². The number of carboxylic acids is 1. The zero-order valence-electron chi connectivity index (χ0n) is 11.3. The molecule has 1 unspecified atom stereocenters. The van der Waals surface area contributed by atoms with E-state index in [0.717, 1.165) is 31.5 Å². The maximum absolute atomic E-state index is 12.1. The van der Waals surface area contributed by atoms with Crippen LogP contribution in [0.1, 0.15) is 18.4 Å². The van der Waals surface area contributed by atoms with Crippen LogP contribution in [-0.2, 0) is 16.0 Å². The predicted molar refractivity (Wildman–Crippen MR) is 75.3 cm³/mol. The Balaban J connectivity index is 1.95. The average Bonchev–Trinajstić information content (AvgIpc) is 2.48.